The second-order valence-electron chi connectivity index (χ2n) is 8.72. The first kappa shape index (κ1) is 22.5. The van der Waals surface area contributed by atoms with Crippen molar-refractivity contribution in [3.05, 3.63) is 47.8 Å². The number of esters is 1. The van der Waals surface area contributed by atoms with Crippen molar-refractivity contribution < 1.29 is 9.53 Å². The minimum atomic E-state index is -0.0676. The van der Waals surface area contributed by atoms with Crippen LogP contribution in [-0.2, 0) is 22.4 Å². The molecule has 1 aromatic heterocycles. The van der Waals surface area contributed by atoms with Crippen LogP contribution >= 0.6 is 0 Å². The molecule has 4 nitrogen and oxygen atoms in total. The molecule has 1 aliphatic rings. The molecule has 0 spiro atoms. The molecule has 1 aromatic carbocycles. The molecule has 0 amide bonds. The molecule has 0 aliphatic carbocycles. The predicted octanol–water partition coefficient (Wildman–Crippen LogP) is 6.32. The largest absolute Gasteiger partial charge is 0.462 e. The van der Waals surface area contributed by atoms with Crippen LogP contribution in [0.1, 0.15) is 82.8 Å². The number of unbranched alkanes of at least 4 members (excludes halogenated alkanes) is 7. The van der Waals surface area contributed by atoms with Crippen molar-refractivity contribution in [1.29, 1.82) is 0 Å². The third-order valence-corrected chi connectivity index (χ3v) is 5.99. The summed E-state index contributed by atoms with van der Waals surface area (Å²) in [6.45, 7) is 4.22. The van der Waals surface area contributed by atoms with Crippen LogP contribution in [0, 0.1) is 5.92 Å². The quantitative estimate of drug-likeness (QED) is 0.304. The van der Waals surface area contributed by atoms with Crippen molar-refractivity contribution in [2.45, 2.75) is 90.6 Å². The maximum absolute atomic E-state index is 11.8. The zero-order chi connectivity index (χ0) is 21.2. The van der Waals surface area contributed by atoms with Crippen molar-refractivity contribution in [1.82, 2.24) is 9.97 Å². The Morgan fingerprint density at radius 2 is 1.53 bits per heavy atom. The lowest BCUT2D eigenvalue weighted by Gasteiger charge is -2.07. The molecule has 2 heterocycles. The van der Waals surface area contributed by atoms with Crippen LogP contribution < -0.4 is 0 Å². The molecule has 0 saturated carbocycles. The average Bonchev–Trinajstić information content (AvgIpc) is 3.07. The van der Waals surface area contributed by atoms with Gasteiger partial charge in [0, 0.05) is 18.0 Å². The second-order valence-corrected chi connectivity index (χ2v) is 8.72. The highest BCUT2D eigenvalue weighted by Crippen LogP contribution is 2.25. The highest BCUT2D eigenvalue weighted by atomic mass is 16.5. The van der Waals surface area contributed by atoms with Gasteiger partial charge < -0.3 is 4.74 Å². The topological polar surface area (TPSA) is 52.1 Å². The lowest BCUT2D eigenvalue weighted by atomic mass is 9.96. The Balaban J connectivity index is 1.41. The van der Waals surface area contributed by atoms with Gasteiger partial charge in [-0.25, -0.2) is 9.97 Å². The summed E-state index contributed by atoms with van der Waals surface area (Å²) in [5.41, 5.74) is 3.39. The molecular formula is C26H36N2O2. The fraction of sp³-hybridized carbons (Fsp3) is 0.577. The molecule has 2 atom stereocenters. The van der Waals surface area contributed by atoms with E-state index in [1.807, 2.05) is 31.5 Å². The second kappa shape index (κ2) is 11.8. The van der Waals surface area contributed by atoms with Crippen LogP contribution in [0.15, 0.2) is 36.7 Å². The van der Waals surface area contributed by atoms with Crippen LogP contribution in [0.3, 0.4) is 0 Å². The molecule has 1 fully saturated rings. The summed E-state index contributed by atoms with van der Waals surface area (Å²) < 4.78 is 5.25. The summed E-state index contributed by atoms with van der Waals surface area (Å²) in [6, 6.07) is 8.24. The number of cyclic esters (lactones) is 1. The first-order valence-electron chi connectivity index (χ1n) is 11.8. The van der Waals surface area contributed by atoms with Crippen molar-refractivity contribution in [3.63, 3.8) is 0 Å². The Hall–Kier alpha value is -2.23. The molecule has 2 aromatic rings. The normalized spacial score (nSPS) is 18.5. The van der Waals surface area contributed by atoms with Gasteiger partial charge in [-0.3, -0.25) is 4.79 Å². The molecule has 1 aliphatic heterocycles. The molecular weight excluding hydrogens is 372 g/mol. The summed E-state index contributed by atoms with van der Waals surface area (Å²) in [7, 11) is 0. The molecule has 0 radical (unpaired) electrons. The maximum Gasteiger partial charge on any atom is 0.309 e. The summed E-state index contributed by atoms with van der Waals surface area (Å²) in [4.78, 5) is 21.0. The predicted molar refractivity (Wildman–Crippen MR) is 121 cm³/mol. The van der Waals surface area contributed by atoms with Crippen molar-refractivity contribution in [2.75, 3.05) is 0 Å². The van der Waals surface area contributed by atoms with Gasteiger partial charge in [-0.2, -0.15) is 0 Å². The maximum atomic E-state index is 11.8. The monoisotopic (exact) mass is 408 g/mol. The van der Waals surface area contributed by atoms with E-state index in [4.69, 9.17) is 4.74 Å². The fourth-order valence-electron chi connectivity index (χ4n) is 4.18. The number of aromatic nitrogens is 2. The fourth-order valence-corrected chi connectivity index (χ4v) is 4.18. The van der Waals surface area contributed by atoms with Gasteiger partial charge in [-0.05, 0) is 43.7 Å². The SMILES string of the molecule is CCCCCCCCCCc1cnc(-c2ccc(CC3CC(C)OC3=O)cc2)nc1. The Morgan fingerprint density at radius 3 is 2.13 bits per heavy atom. The number of nitrogens with zero attached hydrogens (tertiary/aromatic N) is 2. The molecule has 162 valence electrons. The molecule has 0 bridgehead atoms. The van der Waals surface area contributed by atoms with Crippen molar-refractivity contribution in [2.24, 2.45) is 5.92 Å². The number of rotatable bonds is 12. The third kappa shape index (κ3) is 6.93. The summed E-state index contributed by atoms with van der Waals surface area (Å²) in [5, 5.41) is 0. The van der Waals surface area contributed by atoms with Gasteiger partial charge >= 0.3 is 5.97 Å². The molecule has 1 saturated heterocycles. The lowest BCUT2D eigenvalue weighted by molar-refractivity contribution is -0.143. The Morgan fingerprint density at radius 1 is 0.900 bits per heavy atom. The number of hydrogen-bond donors (Lipinski definition) is 0. The molecule has 0 N–H and O–H groups in total. The zero-order valence-corrected chi connectivity index (χ0v) is 18.6. The standard InChI is InChI=1S/C26H36N2O2/c1-3-4-5-6-7-8-9-10-11-22-18-27-25(28-19-22)23-14-12-21(13-15-23)17-24-16-20(2)30-26(24)29/h12-15,18-20,24H,3-11,16-17H2,1-2H3. The summed E-state index contributed by atoms with van der Waals surface area (Å²) in [6.07, 6.45) is 17.3. The first-order valence-corrected chi connectivity index (χ1v) is 11.8. The van der Waals surface area contributed by atoms with Crippen LogP contribution in [0.25, 0.3) is 11.4 Å². The van der Waals surface area contributed by atoms with E-state index < -0.39 is 0 Å². The van der Waals surface area contributed by atoms with E-state index >= 15 is 0 Å². The van der Waals surface area contributed by atoms with Crippen LogP contribution in [-0.4, -0.2) is 22.0 Å². The van der Waals surface area contributed by atoms with E-state index in [0.29, 0.717) is 0 Å². The first-order chi connectivity index (χ1) is 14.7. The Kier molecular flexibility index (Phi) is 8.85. The van der Waals surface area contributed by atoms with Gasteiger partial charge in [0.25, 0.3) is 0 Å². The van der Waals surface area contributed by atoms with Crippen molar-refractivity contribution in [3.8, 4) is 11.4 Å². The van der Waals surface area contributed by atoms with Gasteiger partial charge in [-0.15, -0.1) is 0 Å². The van der Waals surface area contributed by atoms with E-state index in [1.54, 1.807) is 0 Å². The number of carbonyl (C=O) groups is 1. The molecule has 3 rings (SSSR count). The molecule has 4 heteroatoms. The minimum absolute atomic E-state index is 0.0160. The lowest BCUT2D eigenvalue weighted by Crippen LogP contribution is -2.10. The third-order valence-electron chi connectivity index (χ3n) is 5.99. The smallest absolute Gasteiger partial charge is 0.309 e. The highest BCUT2D eigenvalue weighted by molar-refractivity contribution is 5.75. The van der Waals surface area contributed by atoms with E-state index in [1.165, 1.54) is 56.9 Å². The summed E-state index contributed by atoms with van der Waals surface area (Å²) in [5.74, 6) is 0.676. The number of hydrogen-bond acceptors (Lipinski definition) is 4. The number of benzene rings is 1. The Labute approximate surface area is 181 Å². The Bertz CT molecular complexity index is 771. The van der Waals surface area contributed by atoms with Gasteiger partial charge in [0.1, 0.15) is 0 Å². The zero-order valence-electron chi connectivity index (χ0n) is 18.6. The minimum Gasteiger partial charge on any atom is -0.462 e. The van der Waals surface area contributed by atoms with Crippen LogP contribution in [0.4, 0.5) is 0 Å². The number of aryl methyl sites for hydroxylation is 1. The average molecular weight is 409 g/mol. The highest BCUT2D eigenvalue weighted by Gasteiger charge is 2.31. The molecule has 2 unspecified atom stereocenters. The number of ether oxygens (including phenoxy) is 1. The van der Waals surface area contributed by atoms with Gasteiger partial charge in [-0.1, -0.05) is 76.1 Å². The van der Waals surface area contributed by atoms with Gasteiger partial charge in [0.2, 0.25) is 0 Å². The van der Waals surface area contributed by atoms with E-state index in [-0.39, 0.29) is 18.0 Å². The number of carbonyl (C=O) groups excluding carboxylic acids is 1. The van der Waals surface area contributed by atoms with Gasteiger partial charge in [0.05, 0.1) is 12.0 Å². The van der Waals surface area contributed by atoms with Gasteiger partial charge in [0.15, 0.2) is 5.82 Å². The van der Waals surface area contributed by atoms with Crippen LogP contribution in [0.5, 0.6) is 0 Å². The summed E-state index contributed by atoms with van der Waals surface area (Å²) >= 11 is 0. The van der Waals surface area contributed by atoms with E-state index in [0.717, 1.165) is 36.2 Å². The molecule has 30 heavy (non-hydrogen) atoms. The van der Waals surface area contributed by atoms with E-state index in [2.05, 4.69) is 29.0 Å². The van der Waals surface area contributed by atoms with Crippen LogP contribution in [0.2, 0.25) is 0 Å². The van der Waals surface area contributed by atoms with Crippen molar-refractivity contribution >= 4 is 5.97 Å². The van der Waals surface area contributed by atoms with E-state index in [9.17, 15) is 4.79 Å².